The summed E-state index contributed by atoms with van der Waals surface area (Å²) in [6.45, 7) is 23.3. The molecule has 6 unspecified atom stereocenters. The van der Waals surface area contributed by atoms with Gasteiger partial charge in [-0.1, -0.05) is 66.5 Å². The first-order valence-electron chi connectivity index (χ1n) is 26.8. The van der Waals surface area contributed by atoms with Crippen molar-refractivity contribution in [2.45, 2.75) is 207 Å². The third-order valence-corrected chi connectivity index (χ3v) is 11.9. The van der Waals surface area contributed by atoms with Gasteiger partial charge in [0.25, 0.3) is 0 Å². The van der Waals surface area contributed by atoms with E-state index in [1.807, 2.05) is 69.2 Å². The molecular weight excluding hydrogens is 777 g/mol. The molecule has 62 heavy (non-hydrogen) atoms. The number of rotatable bonds is 12. The average Bonchev–Trinajstić information content (AvgIpc) is 3.22. The molecule has 4 N–H and O–H groups in total. The second kappa shape index (κ2) is 19.5. The fraction of sp³-hybridized carbons (Fsp3) is 0.692. The minimum absolute atomic E-state index is 0.0840. The zero-order chi connectivity index (χ0) is 52.8. The van der Waals surface area contributed by atoms with Gasteiger partial charge in [0, 0.05) is 31.4 Å². The molecule has 10 heteroatoms. The van der Waals surface area contributed by atoms with Crippen LogP contribution in [0.2, 0.25) is 0 Å². The van der Waals surface area contributed by atoms with E-state index in [2.05, 4.69) is 0 Å². The number of pyridine rings is 2. The van der Waals surface area contributed by atoms with E-state index >= 15 is 0 Å². The lowest BCUT2D eigenvalue weighted by Crippen LogP contribution is -2.52. The van der Waals surface area contributed by atoms with Gasteiger partial charge >= 0.3 is 11.9 Å². The summed E-state index contributed by atoms with van der Waals surface area (Å²) in [7, 11) is 0. The quantitative estimate of drug-likeness (QED) is 0.156. The number of carbonyl (C=O) groups excluding carboxylic acids is 2. The molecular formula is C52H80N4O6. The van der Waals surface area contributed by atoms with Gasteiger partial charge < -0.3 is 30.4 Å². The Balaban J connectivity index is 0.000000261. The first kappa shape index (κ1) is 38.7. The lowest BCUT2D eigenvalue weighted by molar-refractivity contribution is -0.205. The summed E-state index contributed by atoms with van der Waals surface area (Å²) < 4.78 is 92.6. The number of nitrogens with two attached hydrogens (primary N) is 2. The minimum atomic E-state index is -2.08. The Morgan fingerprint density at radius 2 is 1.15 bits per heavy atom. The molecule has 344 valence electrons. The first-order valence-corrected chi connectivity index (χ1v) is 22.6. The predicted octanol–water partition coefficient (Wildman–Crippen LogP) is 12.1. The van der Waals surface area contributed by atoms with E-state index in [9.17, 15) is 9.59 Å². The highest BCUT2D eigenvalue weighted by molar-refractivity contribution is 5.80. The number of esters is 2. The molecule has 0 aromatic carbocycles. The van der Waals surface area contributed by atoms with Crippen LogP contribution in [0.4, 0.5) is 11.4 Å². The summed E-state index contributed by atoms with van der Waals surface area (Å²) in [6.07, 6.45) is -0.117. The van der Waals surface area contributed by atoms with Gasteiger partial charge in [-0.2, -0.15) is 0 Å². The van der Waals surface area contributed by atoms with Gasteiger partial charge in [-0.3, -0.25) is 9.97 Å². The summed E-state index contributed by atoms with van der Waals surface area (Å²) in [5.74, 6) is -1.10. The number of unbranched alkanes of at least 4 members (excludes halogenated alkanes) is 2. The molecule has 0 saturated carbocycles. The van der Waals surface area contributed by atoms with Crippen LogP contribution in [0, 0.1) is 10.8 Å². The molecule has 2 fully saturated rings. The van der Waals surface area contributed by atoms with Crippen LogP contribution >= 0.6 is 0 Å². The Labute approximate surface area is 385 Å². The standard InChI is InChI=1S/2C26H40N2O3/c2*1-7-8-15-30-23(29)26(6)17-19(16-25(4,5)31-26)21-10-9-20(27)22(28-21)18-11-13-24(2,3)14-12-18/h2*9-11,19H,7-8,12-17,27H2,1-6H3/i11D,12D2,14D;11D,12D2,13D. The molecule has 10 nitrogen and oxygen atoms in total. The molecule has 4 aliphatic rings. The molecule has 0 bridgehead atoms. The largest absolute Gasteiger partial charge is 0.464 e. The van der Waals surface area contributed by atoms with Crippen LogP contribution in [0.1, 0.15) is 218 Å². The molecule has 6 atom stereocenters. The molecule has 2 aromatic heterocycles. The number of nitrogens with zero attached hydrogens (tertiary/aromatic N) is 2. The van der Waals surface area contributed by atoms with Crippen molar-refractivity contribution >= 4 is 34.5 Å². The highest BCUT2D eigenvalue weighted by atomic mass is 16.6. The number of hydrogen-bond donors (Lipinski definition) is 2. The molecule has 2 aliphatic heterocycles. The fourth-order valence-corrected chi connectivity index (χ4v) is 8.75. The second-order valence-electron chi connectivity index (χ2n) is 20.7. The van der Waals surface area contributed by atoms with Crippen molar-refractivity contribution in [3.8, 4) is 0 Å². The maximum atomic E-state index is 13.0. The monoisotopic (exact) mass is 865 g/mol. The van der Waals surface area contributed by atoms with E-state index in [0.29, 0.717) is 50.3 Å². The third-order valence-electron chi connectivity index (χ3n) is 11.9. The molecule has 2 saturated heterocycles. The number of allylic oxidation sites excluding steroid dienone is 4. The van der Waals surface area contributed by atoms with Gasteiger partial charge in [-0.05, 0) is 165 Å². The topological polar surface area (TPSA) is 149 Å². The smallest absolute Gasteiger partial charge is 0.338 e. The minimum Gasteiger partial charge on any atom is -0.464 e. The predicted molar refractivity (Wildman–Crippen MR) is 251 cm³/mol. The Morgan fingerprint density at radius 1 is 0.694 bits per heavy atom. The highest BCUT2D eigenvalue weighted by Gasteiger charge is 2.50. The Bertz CT molecular complexity index is 2330. The molecule has 0 spiro atoms. The van der Waals surface area contributed by atoms with Crippen LogP contribution in [0.15, 0.2) is 36.4 Å². The Morgan fingerprint density at radius 3 is 1.60 bits per heavy atom. The van der Waals surface area contributed by atoms with Crippen LogP contribution in [0.3, 0.4) is 0 Å². The Kier molecular flexibility index (Phi) is 12.2. The summed E-state index contributed by atoms with van der Waals surface area (Å²) in [6, 6.07) is 7.02. The van der Waals surface area contributed by atoms with E-state index in [-0.39, 0.29) is 70.7 Å². The van der Waals surface area contributed by atoms with Crippen molar-refractivity contribution in [2.75, 3.05) is 24.7 Å². The van der Waals surface area contributed by atoms with Crippen LogP contribution < -0.4 is 11.5 Å². The SMILES string of the molecule is [2H]C1=C(c2nc(C3CC(C)(C)OC(C)(C(=O)OCCCC)C3)ccc2N)C([2H])([2H])C([2H])C(C)(C)C1.[2H]C1=C(c2nc(C3CC(C)(C)OC(C)(C(=O)OCCCC)C3)ccc2N)C([2H])([2H])CC(C)(C)C1[2H]. The van der Waals surface area contributed by atoms with Crippen molar-refractivity contribution < 1.29 is 39.5 Å². The highest BCUT2D eigenvalue weighted by Crippen LogP contribution is 2.47. The number of anilines is 2. The molecule has 0 amide bonds. The van der Waals surface area contributed by atoms with Crippen molar-refractivity contribution in [3.63, 3.8) is 0 Å². The van der Waals surface area contributed by atoms with E-state index in [0.717, 1.165) is 25.7 Å². The number of ether oxygens (including phenoxy) is 4. The van der Waals surface area contributed by atoms with Crippen molar-refractivity contribution in [2.24, 2.45) is 10.8 Å². The average molecular weight is 865 g/mol. The van der Waals surface area contributed by atoms with Gasteiger partial charge in [0.05, 0.1) is 49.9 Å². The van der Waals surface area contributed by atoms with Crippen LogP contribution in [-0.4, -0.2) is 57.5 Å². The van der Waals surface area contributed by atoms with Crippen molar-refractivity contribution in [1.29, 1.82) is 0 Å². The van der Waals surface area contributed by atoms with E-state index in [4.69, 9.17) is 51.3 Å². The zero-order valence-corrected chi connectivity index (χ0v) is 39.6. The van der Waals surface area contributed by atoms with E-state index in [1.54, 1.807) is 38.1 Å². The summed E-state index contributed by atoms with van der Waals surface area (Å²) in [5.41, 5.74) is 10.2. The van der Waals surface area contributed by atoms with E-state index in [1.165, 1.54) is 0 Å². The van der Waals surface area contributed by atoms with Crippen molar-refractivity contribution in [3.05, 3.63) is 59.1 Å². The lowest BCUT2D eigenvalue weighted by atomic mass is 9.77. The Hall–Kier alpha value is -3.76. The van der Waals surface area contributed by atoms with Crippen LogP contribution in [-0.2, 0) is 28.5 Å². The summed E-state index contributed by atoms with van der Waals surface area (Å²) in [4.78, 5) is 35.5. The number of aromatic nitrogens is 2. The maximum Gasteiger partial charge on any atom is 0.338 e. The van der Waals surface area contributed by atoms with Crippen LogP contribution in [0.25, 0.3) is 11.1 Å². The molecule has 2 aromatic rings. The number of hydrogen-bond acceptors (Lipinski definition) is 10. The lowest BCUT2D eigenvalue weighted by Gasteiger charge is -2.45. The fourth-order valence-electron chi connectivity index (χ4n) is 8.75. The third kappa shape index (κ3) is 12.7. The molecule has 6 rings (SSSR count). The normalized spacial score (nSPS) is 33.6. The van der Waals surface area contributed by atoms with Gasteiger partial charge in [-0.25, -0.2) is 9.59 Å². The second-order valence-corrected chi connectivity index (χ2v) is 20.7. The number of carbonyl (C=O) groups is 2. The molecule has 2 aliphatic carbocycles. The molecule has 0 radical (unpaired) electrons. The van der Waals surface area contributed by atoms with E-state index < -0.39 is 70.7 Å². The maximum absolute atomic E-state index is 13.0. The van der Waals surface area contributed by atoms with Gasteiger partial charge in [-0.15, -0.1) is 0 Å². The zero-order valence-electron chi connectivity index (χ0n) is 47.6. The first-order chi connectivity index (χ1) is 32.1. The number of nitrogen functional groups attached to an aromatic ring is 2. The van der Waals surface area contributed by atoms with Crippen LogP contribution in [0.5, 0.6) is 0 Å². The summed E-state index contributed by atoms with van der Waals surface area (Å²) >= 11 is 0. The van der Waals surface area contributed by atoms with Gasteiger partial charge in [0.2, 0.25) is 0 Å². The van der Waals surface area contributed by atoms with Crippen molar-refractivity contribution in [1.82, 2.24) is 9.97 Å². The van der Waals surface area contributed by atoms with Gasteiger partial charge in [0.15, 0.2) is 11.2 Å². The van der Waals surface area contributed by atoms with Gasteiger partial charge in [0.1, 0.15) is 0 Å². The summed E-state index contributed by atoms with van der Waals surface area (Å²) in [5, 5.41) is 0. The molecule has 4 heterocycles.